The fraction of sp³-hybridized carbons (Fsp3) is 0.412. The molecule has 2 saturated heterocycles. The lowest BCUT2D eigenvalue weighted by Crippen LogP contribution is -2.53. The number of ether oxygens (including phenoxy) is 3. The molecule has 3 N–H and O–H groups in total. The third-order valence-corrected chi connectivity index (χ3v) is 8.53. The highest BCUT2D eigenvalue weighted by molar-refractivity contribution is 6.04. The average Bonchev–Trinajstić information content (AvgIpc) is 3.02. The van der Waals surface area contributed by atoms with E-state index in [1.807, 2.05) is 26.0 Å². The Morgan fingerprint density at radius 1 is 0.884 bits per heavy atom. The second-order valence-corrected chi connectivity index (χ2v) is 11.4. The van der Waals surface area contributed by atoms with Crippen molar-refractivity contribution in [1.82, 2.24) is 10.2 Å². The number of hydrogen-bond donors (Lipinski definition) is 3. The Morgan fingerprint density at radius 2 is 1.58 bits per heavy atom. The number of methoxy groups -OCH3 is 1. The zero-order chi connectivity index (χ0) is 30.3. The topological polar surface area (TPSA) is 101 Å². The Kier molecular flexibility index (Phi) is 9.72. The Hall–Kier alpha value is -4.24. The number of anilines is 2. The van der Waals surface area contributed by atoms with Gasteiger partial charge in [-0.05, 0) is 93.4 Å². The molecule has 6 rings (SSSR count). The molecule has 3 amide bonds. The number of nitrogens with one attached hydrogen (secondary N) is 3. The number of hydrogen-bond acceptors (Lipinski definition) is 6. The number of piperidine rings is 2. The molecule has 9 nitrogen and oxygen atoms in total. The summed E-state index contributed by atoms with van der Waals surface area (Å²) in [5, 5.41) is 8.73. The van der Waals surface area contributed by atoms with Gasteiger partial charge < -0.3 is 35.1 Å². The Balaban J connectivity index is 1.13. The highest BCUT2D eigenvalue weighted by Gasteiger charge is 2.40. The van der Waals surface area contributed by atoms with Gasteiger partial charge in [-0.25, -0.2) is 4.79 Å². The van der Waals surface area contributed by atoms with Crippen molar-refractivity contribution in [1.29, 1.82) is 0 Å². The molecule has 228 valence electrons. The van der Waals surface area contributed by atoms with E-state index in [1.54, 1.807) is 61.7 Å². The van der Waals surface area contributed by atoms with Crippen molar-refractivity contribution in [3.8, 4) is 23.0 Å². The van der Waals surface area contributed by atoms with Crippen LogP contribution in [0.3, 0.4) is 0 Å². The molecule has 3 aromatic carbocycles. The SMILES string of the molecule is CCC(CC)NC(=O)Nc1ccc(Oc2ccc(NC(=O)c3ccc(O[C@H]4CC5CCC4CN5C)cc3)cc2)c(OC)c1. The summed E-state index contributed by atoms with van der Waals surface area (Å²) in [7, 11) is 3.75. The molecule has 43 heavy (non-hydrogen) atoms. The second-order valence-electron chi connectivity index (χ2n) is 11.4. The molecule has 3 atom stereocenters. The van der Waals surface area contributed by atoms with Gasteiger partial charge in [0.05, 0.1) is 7.11 Å². The predicted molar refractivity (Wildman–Crippen MR) is 169 cm³/mol. The highest BCUT2D eigenvalue weighted by Crippen LogP contribution is 2.37. The van der Waals surface area contributed by atoms with Crippen molar-refractivity contribution in [2.75, 3.05) is 31.3 Å². The van der Waals surface area contributed by atoms with E-state index in [9.17, 15) is 9.59 Å². The standard InChI is InChI=1S/C34H42N4O5/c1-5-24(6-2)36-34(40)37-26-12-18-30(32(19-26)41-4)42-29-16-10-25(11-17-29)35-33(39)22-8-14-28(15-9-22)43-31-20-27-13-7-23(31)21-38(27)3/h8-12,14-19,23-24,27,31H,5-7,13,20-21H2,1-4H3,(H,35,39)(H2,36,37,40)/t23?,27?,31-/m0/s1. The molecule has 3 aliphatic rings. The third-order valence-electron chi connectivity index (χ3n) is 8.53. The van der Waals surface area contributed by atoms with Crippen LogP contribution in [-0.2, 0) is 0 Å². The van der Waals surface area contributed by atoms with Crippen LogP contribution in [0, 0.1) is 5.92 Å². The van der Waals surface area contributed by atoms with Gasteiger partial charge in [0.1, 0.15) is 17.6 Å². The van der Waals surface area contributed by atoms with E-state index in [0.29, 0.717) is 46.1 Å². The van der Waals surface area contributed by atoms with E-state index < -0.39 is 0 Å². The van der Waals surface area contributed by atoms with Crippen molar-refractivity contribution in [3.63, 3.8) is 0 Å². The first-order chi connectivity index (χ1) is 20.8. The van der Waals surface area contributed by atoms with Gasteiger partial charge in [-0.2, -0.15) is 0 Å². The Morgan fingerprint density at radius 3 is 2.21 bits per heavy atom. The molecule has 2 bridgehead atoms. The summed E-state index contributed by atoms with van der Waals surface area (Å²) in [5.41, 5.74) is 1.80. The van der Waals surface area contributed by atoms with E-state index in [4.69, 9.17) is 14.2 Å². The van der Waals surface area contributed by atoms with Gasteiger partial charge in [-0.3, -0.25) is 4.79 Å². The number of carbonyl (C=O) groups excluding carboxylic acids is 2. The summed E-state index contributed by atoms with van der Waals surface area (Å²) in [6, 6.07) is 20.2. The molecular weight excluding hydrogens is 544 g/mol. The van der Waals surface area contributed by atoms with Crippen LogP contribution in [0.5, 0.6) is 23.0 Å². The fourth-order valence-electron chi connectivity index (χ4n) is 5.91. The van der Waals surface area contributed by atoms with Gasteiger partial charge in [0.15, 0.2) is 11.5 Å². The molecule has 3 aromatic rings. The van der Waals surface area contributed by atoms with Crippen LogP contribution in [0.2, 0.25) is 0 Å². The number of fused-ring (bicyclic) bond motifs is 3. The molecule has 0 aromatic heterocycles. The normalized spacial score (nSPS) is 19.5. The zero-order valence-electron chi connectivity index (χ0n) is 25.4. The minimum absolute atomic E-state index is 0.126. The van der Waals surface area contributed by atoms with Crippen LogP contribution in [0.25, 0.3) is 0 Å². The monoisotopic (exact) mass is 586 g/mol. The van der Waals surface area contributed by atoms with Crippen LogP contribution in [0.4, 0.5) is 16.2 Å². The van der Waals surface area contributed by atoms with Gasteiger partial charge in [-0.1, -0.05) is 13.8 Å². The summed E-state index contributed by atoms with van der Waals surface area (Å²) in [4.78, 5) is 27.6. The van der Waals surface area contributed by atoms with Crippen LogP contribution in [0.15, 0.2) is 66.7 Å². The first-order valence-corrected chi connectivity index (χ1v) is 15.2. The number of carbonyl (C=O) groups is 2. The van der Waals surface area contributed by atoms with Crippen molar-refractivity contribution >= 4 is 23.3 Å². The molecule has 1 aliphatic carbocycles. The Labute approximate surface area is 253 Å². The van der Waals surface area contributed by atoms with Crippen molar-refractivity contribution in [2.45, 2.75) is 64.1 Å². The van der Waals surface area contributed by atoms with Crippen LogP contribution in [-0.4, -0.2) is 55.7 Å². The van der Waals surface area contributed by atoms with Gasteiger partial charge in [0.2, 0.25) is 0 Å². The summed E-state index contributed by atoms with van der Waals surface area (Å²) < 4.78 is 17.8. The molecule has 0 radical (unpaired) electrons. The van der Waals surface area contributed by atoms with Crippen molar-refractivity contribution in [2.24, 2.45) is 5.92 Å². The van der Waals surface area contributed by atoms with Gasteiger partial charge in [0, 0.05) is 54.0 Å². The summed E-state index contributed by atoms with van der Waals surface area (Å²) in [6.07, 6.45) is 5.52. The number of amides is 3. The zero-order valence-corrected chi connectivity index (χ0v) is 25.4. The van der Waals surface area contributed by atoms with E-state index in [1.165, 1.54) is 12.8 Å². The molecule has 3 fully saturated rings. The molecule has 1 saturated carbocycles. The molecule has 0 spiro atoms. The van der Waals surface area contributed by atoms with Gasteiger partial charge >= 0.3 is 6.03 Å². The predicted octanol–water partition coefficient (Wildman–Crippen LogP) is 6.91. The van der Waals surface area contributed by atoms with Crippen molar-refractivity contribution in [3.05, 3.63) is 72.3 Å². The largest absolute Gasteiger partial charge is 0.493 e. The molecule has 2 unspecified atom stereocenters. The number of rotatable bonds is 11. The van der Waals surface area contributed by atoms with Gasteiger partial charge in [-0.15, -0.1) is 0 Å². The van der Waals surface area contributed by atoms with Crippen molar-refractivity contribution < 1.29 is 23.8 Å². The fourth-order valence-corrected chi connectivity index (χ4v) is 5.91. The van der Waals surface area contributed by atoms with E-state index in [0.717, 1.165) is 31.6 Å². The minimum atomic E-state index is -0.259. The third kappa shape index (κ3) is 7.59. The molecule has 9 heteroatoms. The van der Waals surface area contributed by atoms with E-state index in [-0.39, 0.29) is 24.1 Å². The summed E-state index contributed by atoms with van der Waals surface area (Å²) >= 11 is 0. The van der Waals surface area contributed by atoms with Gasteiger partial charge in [0.25, 0.3) is 5.91 Å². The highest BCUT2D eigenvalue weighted by atomic mass is 16.5. The second kappa shape index (κ2) is 13.8. The molecular formula is C34H42N4O5. The van der Waals surface area contributed by atoms with E-state index >= 15 is 0 Å². The van der Waals surface area contributed by atoms with Crippen LogP contribution >= 0.6 is 0 Å². The Bertz CT molecular complexity index is 1390. The number of benzene rings is 3. The maximum atomic E-state index is 12.9. The summed E-state index contributed by atoms with van der Waals surface area (Å²) in [5.74, 6) is 2.74. The maximum absolute atomic E-state index is 12.9. The molecule has 2 aliphatic heterocycles. The maximum Gasteiger partial charge on any atom is 0.319 e. The van der Waals surface area contributed by atoms with Crippen LogP contribution in [0.1, 0.15) is 56.3 Å². The minimum Gasteiger partial charge on any atom is -0.493 e. The number of urea groups is 1. The summed E-state index contributed by atoms with van der Waals surface area (Å²) in [6.45, 7) is 5.17. The average molecular weight is 587 g/mol. The lowest BCUT2D eigenvalue weighted by atomic mass is 9.78. The smallest absolute Gasteiger partial charge is 0.319 e. The lowest BCUT2D eigenvalue weighted by Gasteiger charge is -2.47. The quantitative estimate of drug-likeness (QED) is 0.226. The molecule has 2 heterocycles. The van der Waals surface area contributed by atoms with E-state index in [2.05, 4.69) is 27.9 Å². The number of nitrogens with zero attached hydrogens (tertiary/aromatic N) is 1. The van der Waals surface area contributed by atoms with Crippen LogP contribution < -0.4 is 30.2 Å². The first kappa shape index (κ1) is 30.2. The first-order valence-electron chi connectivity index (χ1n) is 15.2. The lowest BCUT2D eigenvalue weighted by molar-refractivity contribution is -0.0246.